The fourth-order valence-corrected chi connectivity index (χ4v) is 6.33. The summed E-state index contributed by atoms with van der Waals surface area (Å²) in [5.74, 6) is 0.229. The lowest BCUT2D eigenvalue weighted by Crippen LogP contribution is -2.51. The number of thioether (sulfide) groups is 1. The van der Waals surface area contributed by atoms with Crippen LogP contribution in [0, 0.1) is 0 Å². The second-order valence-corrected chi connectivity index (χ2v) is 10.6. The zero-order valence-corrected chi connectivity index (χ0v) is 18.4. The summed E-state index contributed by atoms with van der Waals surface area (Å²) >= 11 is 1.35. The average Bonchev–Trinajstić information content (AvgIpc) is 3.44. The number of amides is 1. The first-order valence-electron chi connectivity index (χ1n) is 10.2. The summed E-state index contributed by atoms with van der Waals surface area (Å²) < 4.78 is 28.7. The molecule has 0 radical (unpaired) electrons. The fourth-order valence-electron chi connectivity index (χ4n) is 3.97. The number of aromatic nitrogens is 4. The van der Waals surface area contributed by atoms with Crippen molar-refractivity contribution in [1.29, 1.82) is 0 Å². The molecule has 1 aliphatic heterocycles. The Morgan fingerprint density at radius 3 is 2.47 bits per heavy atom. The molecule has 1 saturated carbocycles. The van der Waals surface area contributed by atoms with Gasteiger partial charge in [-0.2, -0.15) is 4.31 Å². The second-order valence-electron chi connectivity index (χ2n) is 7.65. The third-order valence-electron chi connectivity index (χ3n) is 5.63. The van der Waals surface area contributed by atoms with Gasteiger partial charge in [0.1, 0.15) is 0 Å². The molecule has 1 aromatic heterocycles. The number of carbonyl (C=O) groups is 1. The van der Waals surface area contributed by atoms with Crippen LogP contribution in [0.5, 0.6) is 0 Å². The Bertz CT molecular complexity index is 952. The molecule has 2 aromatic rings. The Morgan fingerprint density at radius 2 is 1.77 bits per heavy atom. The summed E-state index contributed by atoms with van der Waals surface area (Å²) in [5, 5.41) is 12.6. The highest BCUT2D eigenvalue weighted by molar-refractivity contribution is 7.99. The van der Waals surface area contributed by atoms with Crippen molar-refractivity contribution in [3.63, 3.8) is 0 Å². The van der Waals surface area contributed by atoms with Crippen molar-refractivity contribution in [3.8, 4) is 0 Å². The SMILES string of the molecule is O=C(CSc1nnnn1C1CCCC1)N1CCN(S(=O)(=O)Cc2ccccc2)CC1. The molecule has 0 N–H and O–H groups in total. The maximum absolute atomic E-state index is 12.7. The van der Waals surface area contributed by atoms with Gasteiger partial charge in [-0.3, -0.25) is 4.79 Å². The van der Waals surface area contributed by atoms with Crippen LogP contribution in [-0.2, 0) is 20.6 Å². The van der Waals surface area contributed by atoms with Crippen LogP contribution in [0.3, 0.4) is 0 Å². The van der Waals surface area contributed by atoms with Crippen LogP contribution in [-0.4, -0.2) is 75.7 Å². The first-order valence-corrected chi connectivity index (χ1v) is 12.8. The molecular formula is C19H26N6O3S2. The number of piperazine rings is 1. The lowest BCUT2D eigenvalue weighted by molar-refractivity contribution is -0.129. The van der Waals surface area contributed by atoms with Gasteiger partial charge in [-0.15, -0.1) is 5.10 Å². The summed E-state index contributed by atoms with van der Waals surface area (Å²) in [7, 11) is -3.39. The van der Waals surface area contributed by atoms with Crippen molar-refractivity contribution in [2.24, 2.45) is 0 Å². The summed E-state index contributed by atoms with van der Waals surface area (Å²) in [6, 6.07) is 9.49. The number of rotatable bonds is 7. The van der Waals surface area contributed by atoms with Crippen molar-refractivity contribution in [1.82, 2.24) is 29.4 Å². The smallest absolute Gasteiger partial charge is 0.233 e. The van der Waals surface area contributed by atoms with Gasteiger partial charge >= 0.3 is 0 Å². The van der Waals surface area contributed by atoms with Crippen molar-refractivity contribution in [2.45, 2.75) is 42.6 Å². The molecular weight excluding hydrogens is 424 g/mol. The van der Waals surface area contributed by atoms with E-state index < -0.39 is 10.0 Å². The molecule has 2 fully saturated rings. The maximum atomic E-state index is 12.7. The van der Waals surface area contributed by atoms with Crippen molar-refractivity contribution in [3.05, 3.63) is 35.9 Å². The number of nitrogens with zero attached hydrogens (tertiary/aromatic N) is 6. The third kappa shape index (κ3) is 5.01. The molecule has 1 aliphatic carbocycles. The van der Waals surface area contributed by atoms with Crippen molar-refractivity contribution < 1.29 is 13.2 Å². The van der Waals surface area contributed by atoms with Crippen LogP contribution in [0.15, 0.2) is 35.5 Å². The normalized spacial score (nSPS) is 18.7. The van der Waals surface area contributed by atoms with E-state index in [1.807, 2.05) is 35.0 Å². The zero-order chi connectivity index (χ0) is 21.0. The predicted molar refractivity (Wildman–Crippen MR) is 113 cm³/mol. The first kappa shape index (κ1) is 21.3. The zero-order valence-electron chi connectivity index (χ0n) is 16.8. The van der Waals surface area contributed by atoms with E-state index in [1.165, 1.54) is 28.9 Å². The Morgan fingerprint density at radius 1 is 1.07 bits per heavy atom. The molecule has 9 nitrogen and oxygen atoms in total. The van der Waals surface area contributed by atoms with E-state index in [2.05, 4.69) is 15.5 Å². The van der Waals surface area contributed by atoms with Crippen LogP contribution in [0.1, 0.15) is 37.3 Å². The lowest BCUT2D eigenvalue weighted by atomic mass is 10.2. The largest absolute Gasteiger partial charge is 0.339 e. The van der Waals surface area contributed by atoms with Crippen LogP contribution < -0.4 is 0 Å². The number of hydrogen-bond acceptors (Lipinski definition) is 7. The molecule has 1 saturated heterocycles. The predicted octanol–water partition coefficient (Wildman–Crippen LogP) is 1.55. The van der Waals surface area contributed by atoms with Crippen LogP contribution in [0.25, 0.3) is 0 Å². The van der Waals surface area contributed by atoms with Gasteiger partial charge in [-0.05, 0) is 28.8 Å². The highest BCUT2D eigenvalue weighted by Crippen LogP contribution is 2.31. The minimum absolute atomic E-state index is 0.0124. The molecule has 2 heterocycles. The Labute approximate surface area is 180 Å². The summed E-state index contributed by atoms with van der Waals surface area (Å²) in [6.07, 6.45) is 4.52. The lowest BCUT2D eigenvalue weighted by Gasteiger charge is -2.34. The molecule has 1 amide bonds. The first-order chi connectivity index (χ1) is 14.5. The van der Waals surface area contributed by atoms with E-state index in [9.17, 15) is 13.2 Å². The van der Waals surface area contributed by atoms with Gasteiger partial charge in [0.05, 0.1) is 17.5 Å². The minimum atomic E-state index is -3.39. The Hall–Kier alpha value is -1.98. The van der Waals surface area contributed by atoms with E-state index in [-0.39, 0.29) is 17.4 Å². The standard InChI is InChI=1S/C19H26N6O3S2/c26-18(14-29-19-20-21-22-25(19)17-8-4-5-9-17)23-10-12-24(13-11-23)30(27,28)15-16-6-2-1-3-7-16/h1-3,6-7,17H,4-5,8-15H2. The molecule has 30 heavy (non-hydrogen) atoms. The van der Waals surface area contributed by atoms with E-state index in [0.29, 0.717) is 37.4 Å². The molecule has 0 unspecified atom stereocenters. The summed E-state index contributed by atoms with van der Waals surface area (Å²) in [5.41, 5.74) is 0.771. The van der Waals surface area contributed by atoms with Gasteiger partial charge < -0.3 is 4.90 Å². The number of carbonyl (C=O) groups excluding carboxylic acids is 1. The van der Waals surface area contributed by atoms with E-state index in [1.54, 1.807) is 4.90 Å². The molecule has 4 rings (SSSR count). The molecule has 11 heteroatoms. The monoisotopic (exact) mass is 450 g/mol. The van der Waals surface area contributed by atoms with E-state index in [0.717, 1.165) is 18.4 Å². The fraction of sp³-hybridized carbons (Fsp3) is 0.579. The Balaban J connectivity index is 1.27. The number of tetrazole rings is 1. The highest BCUT2D eigenvalue weighted by Gasteiger charge is 2.29. The number of benzene rings is 1. The molecule has 2 aliphatic rings. The maximum Gasteiger partial charge on any atom is 0.233 e. The van der Waals surface area contributed by atoms with Crippen LogP contribution >= 0.6 is 11.8 Å². The van der Waals surface area contributed by atoms with Gasteiger partial charge in [-0.1, -0.05) is 54.9 Å². The molecule has 0 spiro atoms. The minimum Gasteiger partial charge on any atom is -0.339 e. The molecule has 0 atom stereocenters. The van der Waals surface area contributed by atoms with Gasteiger partial charge in [-0.25, -0.2) is 13.1 Å². The number of sulfonamides is 1. The topological polar surface area (TPSA) is 101 Å². The highest BCUT2D eigenvalue weighted by atomic mass is 32.2. The molecule has 162 valence electrons. The molecule has 0 bridgehead atoms. The Kier molecular flexibility index (Phi) is 6.69. The third-order valence-corrected chi connectivity index (χ3v) is 8.40. The van der Waals surface area contributed by atoms with Crippen molar-refractivity contribution >= 4 is 27.7 Å². The van der Waals surface area contributed by atoms with Gasteiger partial charge in [0.15, 0.2) is 0 Å². The van der Waals surface area contributed by atoms with Gasteiger partial charge in [0, 0.05) is 26.2 Å². The van der Waals surface area contributed by atoms with Gasteiger partial charge in [0.25, 0.3) is 0 Å². The van der Waals surface area contributed by atoms with Gasteiger partial charge in [0.2, 0.25) is 21.1 Å². The second kappa shape index (κ2) is 9.44. The van der Waals surface area contributed by atoms with Crippen LogP contribution in [0.4, 0.5) is 0 Å². The average molecular weight is 451 g/mol. The number of hydrogen-bond donors (Lipinski definition) is 0. The van der Waals surface area contributed by atoms with E-state index >= 15 is 0 Å². The van der Waals surface area contributed by atoms with Crippen LogP contribution in [0.2, 0.25) is 0 Å². The summed E-state index contributed by atoms with van der Waals surface area (Å²) in [6.45, 7) is 1.46. The summed E-state index contributed by atoms with van der Waals surface area (Å²) in [4.78, 5) is 14.4. The van der Waals surface area contributed by atoms with E-state index in [4.69, 9.17) is 0 Å². The van der Waals surface area contributed by atoms with Crippen molar-refractivity contribution in [2.75, 3.05) is 31.9 Å². The molecule has 1 aromatic carbocycles. The quantitative estimate of drug-likeness (QED) is 0.590.